The topological polar surface area (TPSA) is 82.4 Å². The predicted octanol–water partition coefficient (Wildman–Crippen LogP) is 2.90. The summed E-state index contributed by atoms with van der Waals surface area (Å²) in [5.41, 5.74) is 2.80. The van der Waals surface area contributed by atoms with Crippen molar-refractivity contribution in [2.45, 2.75) is 11.5 Å². The van der Waals surface area contributed by atoms with Crippen molar-refractivity contribution in [1.82, 2.24) is 9.78 Å². The Kier molecular flexibility index (Phi) is 4.87. The largest absolute Gasteiger partial charge is 0.497 e. The first kappa shape index (κ1) is 18.2. The van der Waals surface area contributed by atoms with Gasteiger partial charge >= 0.3 is 0 Å². The lowest BCUT2D eigenvalue weighted by Crippen LogP contribution is -2.16. The minimum atomic E-state index is -1.000. The minimum Gasteiger partial charge on any atom is -0.497 e. The number of nitrogens with one attached hydrogen (secondary N) is 1. The van der Waals surface area contributed by atoms with Crippen LogP contribution in [0.15, 0.2) is 48.5 Å². The maximum Gasteiger partial charge on any atom is 0.256 e. The molecule has 0 fully saturated rings. The zero-order valence-corrected chi connectivity index (χ0v) is 16.3. The van der Waals surface area contributed by atoms with E-state index >= 15 is 0 Å². The molecule has 1 aliphatic heterocycles. The van der Waals surface area contributed by atoms with Crippen molar-refractivity contribution >= 4 is 22.5 Å². The lowest BCUT2D eigenvalue weighted by Gasteiger charge is -2.12. The van der Waals surface area contributed by atoms with Crippen molar-refractivity contribution in [2.24, 2.45) is 0 Å². The third kappa shape index (κ3) is 3.38. The number of carbonyl (C=O) groups excluding carboxylic acids is 1. The zero-order valence-electron chi connectivity index (χ0n) is 15.5. The van der Waals surface area contributed by atoms with Gasteiger partial charge in [0.2, 0.25) is 0 Å². The Morgan fingerprint density at radius 3 is 2.54 bits per heavy atom. The van der Waals surface area contributed by atoms with E-state index < -0.39 is 10.8 Å². The van der Waals surface area contributed by atoms with Crippen LogP contribution in [0.25, 0.3) is 5.69 Å². The standard InChI is InChI=1S/C20H19N3O4S/c1-26-15-8-6-14(7-9-15)23-19(17-11-28(25)12-18(17)22-23)21-20(24)13-4-3-5-16(10-13)27-2/h3-10H,11-12H2,1-2H3,(H,21,24)/t28-/m0/s1. The first-order chi connectivity index (χ1) is 13.6. The smallest absolute Gasteiger partial charge is 0.256 e. The van der Waals surface area contributed by atoms with E-state index in [0.29, 0.717) is 28.6 Å². The fourth-order valence-corrected chi connectivity index (χ4v) is 4.37. The molecule has 1 N–H and O–H groups in total. The Balaban J connectivity index is 1.72. The number of hydrogen-bond acceptors (Lipinski definition) is 5. The molecule has 2 heterocycles. The van der Waals surface area contributed by atoms with E-state index in [0.717, 1.165) is 22.7 Å². The molecule has 0 saturated carbocycles. The van der Waals surface area contributed by atoms with Gasteiger partial charge in [0.05, 0.1) is 37.1 Å². The first-order valence-electron chi connectivity index (χ1n) is 8.64. The van der Waals surface area contributed by atoms with Gasteiger partial charge in [-0.3, -0.25) is 9.00 Å². The summed E-state index contributed by atoms with van der Waals surface area (Å²) < 4.78 is 24.1. The van der Waals surface area contributed by atoms with Crippen LogP contribution in [0.5, 0.6) is 11.5 Å². The van der Waals surface area contributed by atoms with Gasteiger partial charge in [-0.25, -0.2) is 4.68 Å². The molecule has 28 heavy (non-hydrogen) atoms. The van der Waals surface area contributed by atoms with E-state index in [1.54, 1.807) is 43.2 Å². The molecular formula is C20H19N3O4S. The molecule has 1 aromatic heterocycles. The van der Waals surface area contributed by atoms with Crippen LogP contribution in [-0.4, -0.2) is 34.1 Å². The summed E-state index contributed by atoms with van der Waals surface area (Å²) in [5, 5.41) is 7.54. The van der Waals surface area contributed by atoms with E-state index in [1.807, 2.05) is 24.3 Å². The molecule has 1 aliphatic rings. The molecule has 2 aromatic carbocycles. The number of ether oxygens (including phenoxy) is 2. The normalized spacial score (nSPS) is 15.1. The monoisotopic (exact) mass is 397 g/mol. The van der Waals surface area contributed by atoms with Gasteiger partial charge in [-0.1, -0.05) is 6.07 Å². The summed E-state index contributed by atoms with van der Waals surface area (Å²) in [7, 11) is 2.16. The number of hydrogen-bond donors (Lipinski definition) is 1. The molecule has 0 saturated heterocycles. The fraction of sp³-hybridized carbons (Fsp3) is 0.200. The average molecular weight is 397 g/mol. The number of aromatic nitrogens is 2. The molecule has 8 heteroatoms. The Morgan fingerprint density at radius 2 is 1.82 bits per heavy atom. The Hall–Kier alpha value is -3.13. The molecule has 144 valence electrons. The summed E-state index contributed by atoms with van der Waals surface area (Å²) in [5.74, 6) is 2.35. The van der Waals surface area contributed by atoms with Crippen LogP contribution in [0.1, 0.15) is 21.6 Å². The summed E-state index contributed by atoms with van der Waals surface area (Å²) in [6.45, 7) is 0. The van der Waals surface area contributed by atoms with Crippen molar-refractivity contribution in [1.29, 1.82) is 0 Å². The average Bonchev–Trinajstić information content (AvgIpc) is 3.25. The van der Waals surface area contributed by atoms with E-state index in [9.17, 15) is 9.00 Å². The second kappa shape index (κ2) is 7.47. The summed E-state index contributed by atoms with van der Waals surface area (Å²) in [6, 6.07) is 14.3. The van der Waals surface area contributed by atoms with E-state index in [-0.39, 0.29) is 5.91 Å². The van der Waals surface area contributed by atoms with Gasteiger partial charge in [-0.2, -0.15) is 5.10 Å². The quantitative estimate of drug-likeness (QED) is 0.716. The lowest BCUT2D eigenvalue weighted by molar-refractivity contribution is 0.102. The Labute approximate surface area is 164 Å². The summed E-state index contributed by atoms with van der Waals surface area (Å²) in [4.78, 5) is 12.8. The maximum absolute atomic E-state index is 12.8. The van der Waals surface area contributed by atoms with Crippen LogP contribution in [-0.2, 0) is 22.3 Å². The molecule has 1 atom stereocenters. The van der Waals surface area contributed by atoms with Crippen molar-refractivity contribution in [3.05, 3.63) is 65.4 Å². The number of anilines is 1. The molecule has 7 nitrogen and oxygen atoms in total. The van der Waals surface area contributed by atoms with Gasteiger partial charge in [0.15, 0.2) is 0 Å². The fourth-order valence-electron chi connectivity index (χ4n) is 3.11. The summed E-state index contributed by atoms with van der Waals surface area (Å²) >= 11 is 0. The number of fused-ring (bicyclic) bond motifs is 1. The number of benzene rings is 2. The Morgan fingerprint density at radius 1 is 1.07 bits per heavy atom. The van der Waals surface area contributed by atoms with Crippen LogP contribution >= 0.6 is 0 Å². The minimum absolute atomic E-state index is 0.283. The molecule has 4 rings (SSSR count). The number of rotatable bonds is 5. The highest BCUT2D eigenvalue weighted by molar-refractivity contribution is 7.83. The second-order valence-corrected chi connectivity index (χ2v) is 7.76. The molecule has 0 spiro atoms. The molecule has 3 aromatic rings. The van der Waals surface area contributed by atoms with Crippen molar-refractivity contribution in [3.8, 4) is 17.2 Å². The van der Waals surface area contributed by atoms with Crippen molar-refractivity contribution in [3.63, 3.8) is 0 Å². The molecule has 0 bridgehead atoms. The summed E-state index contributed by atoms with van der Waals surface area (Å²) in [6.07, 6.45) is 0. The highest BCUT2D eigenvalue weighted by Crippen LogP contribution is 2.32. The van der Waals surface area contributed by atoms with Gasteiger partial charge < -0.3 is 14.8 Å². The van der Waals surface area contributed by atoms with Crippen molar-refractivity contribution < 1.29 is 18.5 Å². The highest BCUT2D eigenvalue weighted by Gasteiger charge is 2.28. The Bertz CT molecular complexity index is 1060. The molecule has 0 aliphatic carbocycles. The van der Waals surface area contributed by atoms with Gasteiger partial charge in [-0.05, 0) is 42.5 Å². The van der Waals surface area contributed by atoms with E-state index in [4.69, 9.17) is 9.47 Å². The predicted molar refractivity (Wildman–Crippen MR) is 107 cm³/mol. The zero-order chi connectivity index (χ0) is 19.7. The maximum atomic E-state index is 12.8. The van der Waals surface area contributed by atoms with Crippen molar-refractivity contribution in [2.75, 3.05) is 19.5 Å². The number of amides is 1. The number of carbonyl (C=O) groups is 1. The van der Waals surface area contributed by atoms with Crippen LogP contribution in [0.3, 0.4) is 0 Å². The number of nitrogens with zero attached hydrogens (tertiary/aromatic N) is 2. The van der Waals surface area contributed by atoms with Crippen LogP contribution < -0.4 is 14.8 Å². The van der Waals surface area contributed by atoms with Gasteiger partial charge in [0.1, 0.15) is 17.3 Å². The highest BCUT2D eigenvalue weighted by atomic mass is 32.2. The molecular weight excluding hydrogens is 378 g/mol. The SMILES string of the molecule is COc1ccc(-n2nc3c(c2NC(=O)c2cccc(OC)c2)C[S@](=O)C3)cc1. The van der Waals surface area contributed by atoms with Gasteiger partial charge in [-0.15, -0.1) is 0 Å². The van der Waals surface area contributed by atoms with E-state index in [2.05, 4.69) is 10.4 Å². The number of methoxy groups -OCH3 is 2. The molecule has 0 radical (unpaired) electrons. The van der Waals surface area contributed by atoms with Gasteiger partial charge in [0, 0.05) is 21.9 Å². The van der Waals surface area contributed by atoms with Crippen LogP contribution in [0, 0.1) is 0 Å². The first-order valence-corrected chi connectivity index (χ1v) is 10.1. The third-order valence-corrected chi connectivity index (χ3v) is 5.76. The molecule has 0 unspecified atom stereocenters. The van der Waals surface area contributed by atoms with Crippen LogP contribution in [0.2, 0.25) is 0 Å². The molecule has 1 amide bonds. The van der Waals surface area contributed by atoms with Crippen LogP contribution in [0.4, 0.5) is 5.82 Å². The van der Waals surface area contributed by atoms with E-state index in [1.165, 1.54) is 0 Å². The second-order valence-electron chi connectivity index (χ2n) is 6.30. The lowest BCUT2D eigenvalue weighted by atomic mass is 10.2. The van der Waals surface area contributed by atoms with Gasteiger partial charge in [0.25, 0.3) is 5.91 Å². The third-order valence-electron chi connectivity index (χ3n) is 4.55.